The topological polar surface area (TPSA) is 52.0 Å². The van der Waals surface area contributed by atoms with Gasteiger partial charge in [-0.25, -0.2) is 0 Å². The van der Waals surface area contributed by atoms with Crippen LogP contribution in [0.15, 0.2) is 18.2 Å². The maximum atomic E-state index is 6.18. The molecule has 0 bridgehead atoms. The summed E-state index contributed by atoms with van der Waals surface area (Å²) >= 11 is 11.8. The average molecular weight is 245 g/mol. The van der Waals surface area contributed by atoms with E-state index in [0.29, 0.717) is 16.6 Å². The van der Waals surface area contributed by atoms with Crippen molar-refractivity contribution in [1.82, 2.24) is 0 Å². The molecule has 1 fully saturated rings. The first-order valence-electron chi connectivity index (χ1n) is 5.00. The Hall–Kier alpha value is -0.280. The van der Waals surface area contributed by atoms with Gasteiger partial charge in [-0.3, -0.25) is 0 Å². The highest BCUT2D eigenvalue weighted by Gasteiger charge is 2.47. The van der Waals surface area contributed by atoms with Gasteiger partial charge >= 0.3 is 0 Å². The van der Waals surface area contributed by atoms with Crippen molar-refractivity contribution in [3.05, 3.63) is 33.8 Å². The molecule has 0 heterocycles. The van der Waals surface area contributed by atoms with Crippen LogP contribution in [0.4, 0.5) is 0 Å². The zero-order valence-electron chi connectivity index (χ0n) is 8.34. The lowest BCUT2D eigenvalue weighted by Crippen LogP contribution is -2.29. The first-order chi connectivity index (χ1) is 7.09. The van der Waals surface area contributed by atoms with E-state index in [0.717, 1.165) is 18.4 Å². The third kappa shape index (κ3) is 2.00. The van der Waals surface area contributed by atoms with E-state index in [-0.39, 0.29) is 11.5 Å². The van der Waals surface area contributed by atoms with Gasteiger partial charge in [-0.1, -0.05) is 29.3 Å². The van der Waals surface area contributed by atoms with Crippen molar-refractivity contribution in [2.24, 2.45) is 16.9 Å². The molecule has 0 radical (unpaired) electrons. The Morgan fingerprint density at radius 2 is 1.93 bits per heavy atom. The molecule has 1 aliphatic carbocycles. The van der Waals surface area contributed by atoms with Crippen molar-refractivity contribution in [3.63, 3.8) is 0 Å². The molecular formula is C11H14Cl2N2. The summed E-state index contributed by atoms with van der Waals surface area (Å²) in [7, 11) is 0. The highest BCUT2D eigenvalue weighted by atomic mass is 35.5. The molecule has 1 saturated carbocycles. The molecule has 2 nitrogen and oxygen atoms in total. The predicted octanol–water partition coefficient (Wildman–Crippen LogP) is 2.73. The van der Waals surface area contributed by atoms with Gasteiger partial charge < -0.3 is 11.5 Å². The summed E-state index contributed by atoms with van der Waals surface area (Å²) in [4.78, 5) is 0. The molecule has 0 aliphatic heterocycles. The van der Waals surface area contributed by atoms with Crippen molar-refractivity contribution in [3.8, 4) is 0 Å². The van der Waals surface area contributed by atoms with Crippen LogP contribution < -0.4 is 11.5 Å². The van der Waals surface area contributed by atoms with E-state index in [9.17, 15) is 0 Å². The number of benzene rings is 1. The normalized spacial score (nSPS) is 20.0. The average Bonchev–Trinajstić information content (AvgIpc) is 3.02. The second kappa shape index (κ2) is 3.95. The van der Waals surface area contributed by atoms with E-state index >= 15 is 0 Å². The molecule has 4 N–H and O–H groups in total. The van der Waals surface area contributed by atoms with Gasteiger partial charge in [-0.05, 0) is 37.1 Å². The summed E-state index contributed by atoms with van der Waals surface area (Å²) in [5, 5.41) is 1.11. The van der Waals surface area contributed by atoms with Crippen LogP contribution >= 0.6 is 23.2 Å². The lowest BCUT2D eigenvalue weighted by atomic mass is 9.91. The first-order valence-corrected chi connectivity index (χ1v) is 5.75. The van der Waals surface area contributed by atoms with Gasteiger partial charge in [0.05, 0.1) is 10.0 Å². The third-order valence-electron chi connectivity index (χ3n) is 3.26. The standard InChI is InChI=1S/C11H14Cl2N2/c12-8-2-1-7(5-9(8)13)10(15)11(6-14)3-4-11/h1-2,5,10H,3-4,6,14-15H2. The summed E-state index contributed by atoms with van der Waals surface area (Å²) in [6.45, 7) is 0.633. The molecule has 2 rings (SSSR count). The van der Waals surface area contributed by atoms with E-state index in [1.807, 2.05) is 12.1 Å². The molecule has 1 unspecified atom stereocenters. The molecule has 0 spiro atoms. The van der Waals surface area contributed by atoms with E-state index < -0.39 is 0 Å². The maximum Gasteiger partial charge on any atom is 0.0595 e. The molecule has 15 heavy (non-hydrogen) atoms. The fourth-order valence-electron chi connectivity index (χ4n) is 1.86. The highest BCUT2D eigenvalue weighted by Crippen LogP contribution is 2.53. The lowest BCUT2D eigenvalue weighted by molar-refractivity contribution is 0.419. The largest absolute Gasteiger partial charge is 0.330 e. The second-order valence-corrected chi connectivity index (χ2v) is 5.03. The molecule has 1 aromatic rings. The minimum absolute atomic E-state index is 0.0303. The van der Waals surface area contributed by atoms with E-state index in [1.54, 1.807) is 6.07 Å². The summed E-state index contributed by atoms with van der Waals surface area (Å²) in [5.74, 6) is 0. The number of halogens is 2. The van der Waals surface area contributed by atoms with E-state index in [2.05, 4.69) is 0 Å². The molecular weight excluding hydrogens is 231 g/mol. The van der Waals surface area contributed by atoms with E-state index in [1.165, 1.54) is 0 Å². The van der Waals surface area contributed by atoms with Gasteiger partial charge in [-0.2, -0.15) is 0 Å². The third-order valence-corrected chi connectivity index (χ3v) is 4.00. The fourth-order valence-corrected chi connectivity index (χ4v) is 2.17. The molecule has 1 aromatic carbocycles. The van der Waals surface area contributed by atoms with Crippen molar-refractivity contribution in [1.29, 1.82) is 0 Å². The Morgan fingerprint density at radius 3 is 2.40 bits per heavy atom. The van der Waals surface area contributed by atoms with E-state index in [4.69, 9.17) is 34.7 Å². The number of hydrogen-bond acceptors (Lipinski definition) is 2. The Kier molecular flexibility index (Phi) is 2.95. The van der Waals surface area contributed by atoms with Crippen LogP contribution in [-0.4, -0.2) is 6.54 Å². The summed E-state index contributed by atoms with van der Waals surface area (Å²) in [5.41, 5.74) is 13.0. The second-order valence-electron chi connectivity index (χ2n) is 4.22. The smallest absolute Gasteiger partial charge is 0.0595 e. The van der Waals surface area contributed by atoms with Crippen LogP contribution in [0.5, 0.6) is 0 Å². The highest BCUT2D eigenvalue weighted by molar-refractivity contribution is 6.42. The fraction of sp³-hybridized carbons (Fsp3) is 0.455. The van der Waals surface area contributed by atoms with Crippen LogP contribution in [-0.2, 0) is 0 Å². The molecule has 4 heteroatoms. The zero-order chi connectivity index (χ0) is 11.1. The van der Waals surface area contributed by atoms with Crippen LogP contribution in [0.3, 0.4) is 0 Å². The van der Waals surface area contributed by atoms with Gasteiger partial charge in [0.15, 0.2) is 0 Å². The Balaban J connectivity index is 2.26. The van der Waals surface area contributed by atoms with Crippen LogP contribution in [0.2, 0.25) is 10.0 Å². The van der Waals surface area contributed by atoms with Crippen molar-refractivity contribution in [2.45, 2.75) is 18.9 Å². The summed E-state index contributed by atoms with van der Waals surface area (Å²) in [6, 6.07) is 5.52. The molecule has 0 saturated heterocycles. The van der Waals surface area contributed by atoms with Crippen molar-refractivity contribution in [2.75, 3.05) is 6.54 Å². The van der Waals surface area contributed by atoms with Crippen molar-refractivity contribution >= 4 is 23.2 Å². The lowest BCUT2D eigenvalue weighted by Gasteiger charge is -2.22. The SMILES string of the molecule is NCC1(C(N)c2ccc(Cl)c(Cl)c2)CC1. The van der Waals surface area contributed by atoms with Crippen LogP contribution in [0.25, 0.3) is 0 Å². The Morgan fingerprint density at radius 1 is 1.27 bits per heavy atom. The Labute approximate surface area is 99.5 Å². The van der Waals surface area contributed by atoms with Gasteiger partial charge in [0.1, 0.15) is 0 Å². The quantitative estimate of drug-likeness (QED) is 0.860. The monoisotopic (exact) mass is 244 g/mol. The van der Waals surface area contributed by atoms with Gasteiger partial charge in [0.25, 0.3) is 0 Å². The van der Waals surface area contributed by atoms with Crippen LogP contribution in [0, 0.1) is 5.41 Å². The minimum atomic E-state index is -0.0303. The van der Waals surface area contributed by atoms with Crippen LogP contribution in [0.1, 0.15) is 24.4 Å². The predicted molar refractivity (Wildman–Crippen MR) is 64.1 cm³/mol. The maximum absolute atomic E-state index is 6.18. The minimum Gasteiger partial charge on any atom is -0.330 e. The molecule has 0 aromatic heterocycles. The first kappa shape index (κ1) is 11.2. The molecule has 1 aliphatic rings. The molecule has 1 atom stereocenters. The Bertz CT molecular complexity index is 375. The number of hydrogen-bond donors (Lipinski definition) is 2. The van der Waals surface area contributed by atoms with Gasteiger partial charge in [-0.15, -0.1) is 0 Å². The number of rotatable bonds is 3. The zero-order valence-corrected chi connectivity index (χ0v) is 9.85. The summed E-state index contributed by atoms with van der Waals surface area (Å²) < 4.78 is 0. The number of nitrogens with two attached hydrogens (primary N) is 2. The molecule has 0 amide bonds. The van der Waals surface area contributed by atoms with Gasteiger partial charge in [0.2, 0.25) is 0 Å². The van der Waals surface area contributed by atoms with Gasteiger partial charge in [0, 0.05) is 11.5 Å². The summed E-state index contributed by atoms with van der Waals surface area (Å²) in [6.07, 6.45) is 2.20. The van der Waals surface area contributed by atoms with Crippen molar-refractivity contribution < 1.29 is 0 Å². The molecule has 82 valence electrons.